The minimum Gasteiger partial charge on any atom is -0.465 e. The molecule has 1 aliphatic rings. The van der Waals surface area contributed by atoms with E-state index in [-0.39, 0.29) is 16.8 Å². The monoisotopic (exact) mass is 606 g/mol. The van der Waals surface area contributed by atoms with Gasteiger partial charge in [0.05, 0.1) is 42.0 Å². The summed E-state index contributed by atoms with van der Waals surface area (Å²) in [5.41, 5.74) is -2.27. The predicted octanol–water partition coefficient (Wildman–Crippen LogP) is 5.43. The second kappa shape index (κ2) is 10.6. The number of pyridine rings is 1. The van der Waals surface area contributed by atoms with Gasteiger partial charge in [0, 0.05) is 6.20 Å². The van der Waals surface area contributed by atoms with Crippen LogP contribution in [0.4, 0.5) is 23.8 Å². The number of rotatable bonds is 7. The molecule has 0 unspecified atom stereocenters. The van der Waals surface area contributed by atoms with Crippen LogP contribution in [0.2, 0.25) is 0 Å². The first-order valence-electron chi connectivity index (χ1n) is 12.9. The van der Waals surface area contributed by atoms with Crippen LogP contribution in [0.5, 0.6) is 0 Å². The van der Waals surface area contributed by atoms with Crippen molar-refractivity contribution in [2.75, 3.05) is 17.8 Å². The number of hydrogen-bond donors (Lipinski definition) is 0. The molecule has 0 saturated heterocycles. The van der Waals surface area contributed by atoms with Gasteiger partial charge in [-0.05, 0) is 62.9 Å². The number of imidazole rings is 1. The number of nitriles is 1. The predicted molar refractivity (Wildman–Crippen MR) is 145 cm³/mol. The average molecular weight is 607 g/mol. The maximum Gasteiger partial charge on any atom is 0.417 e. The van der Waals surface area contributed by atoms with E-state index in [2.05, 4.69) is 11.1 Å². The molecule has 0 aliphatic heterocycles. The number of nitrogens with zero attached hydrogens (tertiary/aromatic N) is 4. The maximum absolute atomic E-state index is 13.6. The Morgan fingerprint density at radius 1 is 1.17 bits per heavy atom. The topological polar surface area (TPSA) is 131 Å². The number of halogens is 3. The lowest BCUT2D eigenvalue weighted by Crippen LogP contribution is -2.38. The summed E-state index contributed by atoms with van der Waals surface area (Å²) in [4.78, 5) is 31.5. The van der Waals surface area contributed by atoms with Crippen molar-refractivity contribution in [1.82, 2.24) is 9.38 Å². The molecular formula is C28H29F3N4O6S. The van der Waals surface area contributed by atoms with E-state index in [1.807, 2.05) is 0 Å². The molecule has 3 aromatic rings. The molecule has 1 amide bonds. The molecule has 0 atom stereocenters. The highest BCUT2D eigenvalue weighted by atomic mass is 32.2. The lowest BCUT2D eigenvalue weighted by molar-refractivity contribution is -0.137. The fraction of sp³-hybridized carbons (Fsp3) is 0.429. The Bertz CT molecular complexity index is 1710. The van der Waals surface area contributed by atoms with Crippen molar-refractivity contribution in [2.45, 2.75) is 69.3 Å². The van der Waals surface area contributed by atoms with Gasteiger partial charge in [-0.2, -0.15) is 18.4 Å². The van der Waals surface area contributed by atoms with Crippen molar-refractivity contribution < 1.29 is 40.7 Å². The van der Waals surface area contributed by atoms with Crippen molar-refractivity contribution in [3.05, 3.63) is 58.8 Å². The van der Waals surface area contributed by atoms with Crippen molar-refractivity contribution >= 4 is 33.4 Å². The Labute approximate surface area is 240 Å². The number of amides is 1. The van der Waals surface area contributed by atoms with E-state index in [1.165, 1.54) is 19.1 Å². The lowest BCUT2D eigenvalue weighted by atomic mass is 9.93. The van der Waals surface area contributed by atoms with Crippen LogP contribution in [0.25, 0.3) is 5.65 Å². The summed E-state index contributed by atoms with van der Waals surface area (Å²) in [6.45, 7) is 5.59. The van der Waals surface area contributed by atoms with E-state index >= 15 is 0 Å². The number of methoxy groups -OCH3 is 1. The molecule has 224 valence electrons. The van der Waals surface area contributed by atoms with Crippen molar-refractivity contribution in [2.24, 2.45) is 0 Å². The van der Waals surface area contributed by atoms with Crippen LogP contribution in [0.1, 0.15) is 67.6 Å². The standard InChI is InChI=1S/C28H29F3N4O6S/c1-6-42(38,39)23-22(33-21-10-9-19(15-34(21)23)28(29,30)31)35(25(37)41-26(2,3)4)14-17-7-8-18(27(16-32)11-12-27)13-20(17)24(36)40-5/h7-10,13,15H,6,11-12,14H2,1-5H3. The van der Waals surface area contributed by atoms with E-state index in [9.17, 15) is 36.4 Å². The van der Waals surface area contributed by atoms with Gasteiger partial charge in [-0.1, -0.05) is 19.1 Å². The van der Waals surface area contributed by atoms with Crippen molar-refractivity contribution in [1.29, 1.82) is 5.26 Å². The number of carbonyl (C=O) groups is 2. The second-order valence-corrected chi connectivity index (χ2v) is 13.1. The van der Waals surface area contributed by atoms with E-state index in [4.69, 9.17) is 9.47 Å². The normalized spacial score (nSPS) is 14.7. The first-order chi connectivity index (χ1) is 19.5. The van der Waals surface area contributed by atoms with Gasteiger partial charge in [-0.25, -0.2) is 23.0 Å². The van der Waals surface area contributed by atoms with Gasteiger partial charge in [-0.3, -0.25) is 9.30 Å². The Kier molecular flexibility index (Phi) is 7.79. The Hall–Kier alpha value is -4.12. The zero-order valence-electron chi connectivity index (χ0n) is 23.6. The summed E-state index contributed by atoms with van der Waals surface area (Å²) in [5.74, 6) is -1.75. The van der Waals surface area contributed by atoms with Gasteiger partial charge in [0.1, 0.15) is 11.2 Å². The number of hydrogen-bond acceptors (Lipinski definition) is 8. The highest BCUT2D eigenvalue weighted by Gasteiger charge is 2.45. The van der Waals surface area contributed by atoms with Crippen LogP contribution in [0.3, 0.4) is 0 Å². The number of sulfone groups is 1. The average Bonchev–Trinajstić information content (AvgIpc) is 3.62. The van der Waals surface area contributed by atoms with E-state index in [0.29, 0.717) is 24.6 Å². The number of esters is 1. The van der Waals surface area contributed by atoms with Crippen LogP contribution in [0.15, 0.2) is 41.6 Å². The highest BCUT2D eigenvalue weighted by molar-refractivity contribution is 7.91. The summed E-state index contributed by atoms with van der Waals surface area (Å²) < 4.78 is 78.6. The molecule has 10 nitrogen and oxygen atoms in total. The first-order valence-corrected chi connectivity index (χ1v) is 14.6. The number of anilines is 1. The molecule has 4 rings (SSSR count). The molecule has 0 radical (unpaired) electrons. The molecule has 14 heteroatoms. The molecule has 1 aliphatic carbocycles. The van der Waals surface area contributed by atoms with Gasteiger partial charge in [-0.15, -0.1) is 0 Å². The van der Waals surface area contributed by atoms with Gasteiger partial charge < -0.3 is 9.47 Å². The second-order valence-electron chi connectivity index (χ2n) is 10.9. The molecule has 1 saturated carbocycles. The Morgan fingerprint density at radius 3 is 2.36 bits per heavy atom. The molecule has 2 aromatic heterocycles. The van der Waals surface area contributed by atoms with Gasteiger partial charge >= 0.3 is 18.2 Å². The van der Waals surface area contributed by atoms with E-state index in [0.717, 1.165) is 28.5 Å². The highest BCUT2D eigenvalue weighted by Crippen LogP contribution is 2.48. The number of carbonyl (C=O) groups excluding carboxylic acids is 2. The number of fused-ring (bicyclic) bond motifs is 1. The maximum atomic E-state index is 13.6. The molecule has 42 heavy (non-hydrogen) atoms. The third-order valence-electron chi connectivity index (χ3n) is 6.79. The van der Waals surface area contributed by atoms with E-state index in [1.54, 1.807) is 26.8 Å². The zero-order chi connectivity index (χ0) is 31.3. The lowest BCUT2D eigenvalue weighted by Gasteiger charge is -2.27. The minimum atomic E-state index is -4.78. The van der Waals surface area contributed by atoms with Crippen LogP contribution >= 0.6 is 0 Å². The van der Waals surface area contributed by atoms with Gasteiger partial charge in [0.2, 0.25) is 0 Å². The summed E-state index contributed by atoms with van der Waals surface area (Å²) >= 11 is 0. The summed E-state index contributed by atoms with van der Waals surface area (Å²) in [5, 5.41) is 8.99. The van der Waals surface area contributed by atoms with Gasteiger partial charge in [0.15, 0.2) is 20.7 Å². The number of alkyl halides is 3. The molecule has 1 fully saturated rings. The SMILES string of the molecule is CCS(=O)(=O)c1c(N(Cc2ccc(C3(C#N)CC3)cc2C(=O)OC)C(=O)OC(C)(C)C)nc2ccc(C(F)(F)F)cn12. The third-order valence-corrected chi connectivity index (χ3v) is 8.52. The smallest absolute Gasteiger partial charge is 0.417 e. The molecule has 0 bridgehead atoms. The fourth-order valence-corrected chi connectivity index (χ4v) is 5.55. The summed E-state index contributed by atoms with van der Waals surface area (Å²) in [6.07, 6.45) is -4.02. The van der Waals surface area contributed by atoms with Crippen LogP contribution in [-0.2, 0) is 37.4 Å². The minimum absolute atomic E-state index is 0.0214. The van der Waals surface area contributed by atoms with Crippen LogP contribution < -0.4 is 4.90 Å². The van der Waals surface area contributed by atoms with Crippen molar-refractivity contribution in [3.63, 3.8) is 0 Å². The molecular weight excluding hydrogens is 577 g/mol. The number of aromatic nitrogens is 2. The number of ether oxygens (including phenoxy) is 2. The molecule has 2 heterocycles. The van der Waals surface area contributed by atoms with Crippen LogP contribution in [0, 0.1) is 11.3 Å². The quantitative estimate of drug-likeness (QED) is 0.326. The molecule has 0 spiro atoms. The Morgan fingerprint density at radius 2 is 1.83 bits per heavy atom. The fourth-order valence-electron chi connectivity index (χ4n) is 4.40. The summed E-state index contributed by atoms with van der Waals surface area (Å²) in [6, 6.07) is 8.64. The first kappa shape index (κ1) is 30.8. The number of benzene rings is 1. The zero-order valence-corrected chi connectivity index (χ0v) is 24.4. The molecule has 0 N–H and O–H groups in total. The summed E-state index contributed by atoms with van der Waals surface area (Å²) in [7, 11) is -3.12. The van der Waals surface area contributed by atoms with Crippen LogP contribution in [-0.4, -0.2) is 48.3 Å². The third kappa shape index (κ3) is 5.92. The van der Waals surface area contributed by atoms with E-state index < -0.39 is 67.8 Å². The largest absolute Gasteiger partial charge is 0.465 e. The molecule has 1 aromatic carbocycles. The van der Waals surface area contributed by atoms with Gasteiger partial charge in [0.25, 0.3) is 0 Å². The Balaban J connectivity index is 1.96. The van der Waals surface area contributed by atoms with Crippen molar-refractivity contribution in [3.8, 4) is 6.07 Å².